The van der Waals surface area contributed by atoms with Gasteiger partial charge in [-0.3, -0.25) is 0 Å². The summed E-state index contributed by atoms with van der Waals surface area (Å²) in [5.74, 6) is 0. The van der Waals surface area contributed by atoms with Gasteiger partial charge >= 0.3 is 0 Å². The standard InChI is InChI=1S/CH4.Cl4N/c;1-5(2,3)4/h1H4;/q;+1. The zero-order valence-electron chi connectivity index (χ0n) is 1.96. The normalized spacial score (nSPS) is 10.0. The van der Waals surface area contributed by atoms with Crippen molar-refractivity contribution in [2.45, 2.75) is 7.43 Å². The summed E-state index contributed by atoms with van der Waals surface area (Å²) < 4.78 is -1.11. The Balaban J connectivity index is 0. The summed E-state index contributed by atoms with van der Waals surface area (Å²) in [7, 11) is 0. The van der Waals surface area contributed by atoms with E-state index in [1.54, 1.807) is 0 Å². The molecule has 0 radical (unpaired) electrons. The number of halogens is 4. The van der Waals surface area contributed by atoms with Gasteiger partial charge in [-0.1, -0.05) is 7.43 Å². The lowest BCUT2D eigenvalue weighted by atomic mass is 12.0. The first kappa shape index (κ1) is 10.2. The van der Waals surface area contributed by atoms with Gasteiger partial charge in [-0.25, -0.2) is 0 Å². The summed E-state index contributed by atoms with van der Waals surface area (Å²) in [6.07, 6.45) is 0. The van der Waals surface area contributed by atoms with Crippen LogP contribution in [0.2, 0.25) is 0 Å². The van der Waals surface area contributed by atoms with E-state index in [-0.39, 0.29) is 7.43 Å². The number of rotatable bonds is 0. The molecule has 0 bridgehead atoms. The maximum Gasteiger partial charge on any atom is 0.231 e. The lowest BCUT2D eigenvalue weighted by Gasteiger charge is -1.85. The van der Waals surface area contributed by atoms with Crippen LogP contribution < -0.4 is 0 Å². The van der Waals surface area contributed by atoms with Crippen molar-refractivity contribution in [3.05, 3.63) is 0 Å². The highest BCUT2D eigenvalue weighted by molar-refractivity contribution is 6.50. The van der Waals surface area contributed by atoms with E-state index in [0.717, 1.165) is 0 Å². The van der Waals surface area contributed by atoms with Gasteiger partial charge in [0, 0.05) is 0 Å². The first-order valence-electron chi connectivity index (χ1n) is 0.676. The summed E-state index contributed by atoms with van der Waals surface area (Å²) in [5.41, 5.74) is 0. The SMILES string of the molecule is C.Cl[N+](Cl)(Cl)Cl. The highest BCUT2D eigenvalue weighted by atomic mass is 35.6. The van der Waals surface area contributed by atoms with E-state index in [9.17, 15) is 0 Å². The number of hydrogen-bond acceptors (Lipinski definition) is 0. The van der Waals surface area contributed by atoms with Crippen LogP contribution in [0.1, 0.15) is 7.43 Å². The molecule has 0 aliphatic rings. The lowest BCUT2D eigenvalue weighted by Crippen LogP contribution is -1.89. The van der Waals surface area contributed by atoms with Crippen molar-refractivity contribution in [2.75, 3.05) is 0 Å². The molecule has 0 aliphatic carbocycles. The molecule has 0 amide bonds. The van der Waals surface area contributed by atoms with Crippen molar-refractivity contribution in [2.24, 2.45) is 0 Å². The van der Waals surface area contributed by atoms with Gasteiger partial charge in [-0.15, -0.1) is 0 Å². The molecular weight excluding hydrogens is 168 g/mol. The first-order chi connectivity index (χ1) is 2.00. The van der Waals surface area contributed by atoms with E-state index in [4.69, 9.17) is 47.1 Å². The van der Waals surface area contributed by atoms with E-state index in [2.05, 4.69) is 0 Å². The van der Waals surface area contributed by atoms with Gasteiger partial charge in [0.1, 0.15) is 0 Å². The Morgan fingerprint density at radius 1 is 0.833 bits per heavy atom. The maximum absolute atomic E-state index is 4.76. The first-order valence-corrected chi connectivity index (χ1v) is 2.03. The zero-order chi connectivity index (χ0) is 4.50. The molecular formula is CH4Cl4N+. The summed E-state index contributed by atoms with van der Waals surface area (Å²) >= 11 is 19.1. The monoisotopic (exact) mass is 170 g/mol. The Bertz CT molecular complexity index is 23.0. The second-order valence-corrected chi connectivity index (χ2v) is 3.45. The molecule has 40 valence electrons. The average molecular weight is 172 g/mol. The molecule has 0 N–H and O–H groups in total. The number of quaternary nitrogens is 1. The van der Waals surface area contributed by atoms with Crippen molar-refractivity contribution in [3.63, 3.8) is 0 Å². The summed E-state index contributed by atoms with van der Waals surface area (Å²) in [6.45, 7) is 0. The van der Waals surface area contributed by atoms with E-state index in [0.29, 0.717) is 0 Å². The molecule has 0 aliphatic heterocycles. The smallest absolute Gasteiger partial charge is 0.0776 e. The molecule has 0 atom stereocenters. The van der Waals surface area contributed by atoms with Crippen LogP contribution in [-0.2, 0) is 0 Å². The summed E-state index contributed by atoms with van der Waals surface area (Å²) in [6, 6.07) is 0. The van der Waals surface area contributed by atoms with Crippen LogP contribution in [0.5, 0.6) is 0 Å². The predicted molar refractivity (Wildman–Crippen MR) is 30.4 cm³/mol. The quantitative estimate of drug-likeness (QED) is 0.492. The van der Waals surface area contributed by atoms with Crippen LogP contribution in [-0.4, -0.2) is 2.56 Å². The third kappa shape index (κ3) is 69.3. The Hall–Kier alpha value is 1.12. The van der Waals surface area contributed by atoms with Crippen LogP contribution in [0.4, 0.5) is 0 Å². The van der Waals surface area contributed by atoms with E-state index >= 15 is 0 Å². The van der Waals surface area contributed by atoms with E-state index in [1.165, 1.54) is 0 Å². The number of nitrogens with zero attached hydrogens (tertiary/aromatic N) is 1. The molecule has 0 aromatic heterocycles. The molecule has 0 heterocycles. The van der Waals surface area contributed by atoms with Crippen LogP contribution >= 0.6 is 47.1 Å². The topological polar surface area (TPSA) is 0 Å². The minimum absolute atomic E-state index is 0. The van der Waals surface area contributed by atoms with Crippen molar-refractivity contribution < 1.29 is 2.56 Å². The highest BCUT2D eigenvalue weighted by Gasteiger charge is 2.16. The zero-order valence-corrected chi connectivity index (χ0v) is 4.98. The van der Waals surface area contributed by atoms with Crippen LogP contribution in [0, 0.1) is 0 Å². The van der Waals surface area contributed by atoms with Crippen molar-refractivity contribution in [3.8, 4) is 0 Å². The van der Waals surface area contributed by atoms with Gasteiger partial charge < -0.3 is 0 Å². The minimum atomic E-state index is -1.11. The van der Waals surface area contributed by atoms with Crippen LogP contribution in [0.25, 0.3) is 0 Å². The molecule has 5 heteroatoms. The predicted octanol–water partition coefficient (Wildman–Crippen LogP) is 3.05. The van der Waals surface area contributed by atoms with E-state index < -0.39 is 2.56 Å². The Labute approximate surface area is 57.4 Å². The molecule has 0 spiro atoms. The maximum atomic E-state index is 4.76. The summed E-state index contributed by atoms with van der Waals surface area (Å²) in [4.78, 5) is 0. The Morgan fingerprint density at radius 2 is 0.833 bits per heavy atom. The molecule has 0 saturated carbocycles. The van der Waals surface area contributed by atoms with Gasteiger partial charge in [0.2, 0.25) is 47.1 Å². The fraction of sp³-hybridized carbons (Fsp3) is 1.00. The van der Waals surface area contributed by atoms with Crippen LogP contribution in [0.3, 0.4) is 0 Å². The van der Waals surface area contributed by atoms with Gasteiger partial charge in [-0.2, -0.15) is 0 Å². The lowest BCUT2D eigenvalue weighted by molar-refractivity contribution is -0.381. The van der Waals surface area contributed by atoms with Gasteiger partial charge in [0.15, 0.2) is 0 Å². The second-order valence-electron chi connectivity index (χ2n) is 0.383. The molecule has 0 fully saturated rings. The minimum Gasteiger partial charge on any atom is -0.0776 e. The molecule has 0 unspecified atom stereocenters. The van der Waals surface area contributed by atoms with Gasteiger partial charge in [0.05, 0.1) is 2.56 Å². The van der Waals surface area contributed by atoms with Crippen molar-refractivity contribution in [1.82, 2.24) is 0 Å². The highest BCUT2D eigenvalue weighted by Crippen LogP contribution is 2.24. The molecule has 0 aromatic carbocycles. The Morgan fingerprint density at radius 3 is 0.833 bits per heavy atom. The van der Waals surface area contributed by atoms with Gasteiger partial charge in [-0.05, 0) is 0 Å². The summed E-state index contributed by atoms with van der Waals surface area (Å²) in [5, 5.41) is 0. The van der Waals surface area contributed by atoms with Crippen molar-refractivity contribution in [1.29, 1.82) is 0 Å². The molecule has 0 aromatic rings. The molecule has 6 heavy (non-hydrogen) atoms. The largest absolute Gasteiger partial charge is 0.231 e. The third-order valence-electron chi connectivity index (χ3n) is 0. The number of hydrogen-bond donors (Lipinski definition) is 0. The molecule has 0 saturated heterocycles. The third-order valence-corrected chi connectivity index (χ3v) is 0. The molecule has 1 nitrogen and oxygen atoms in total. The van der Waals surface area contributed by atoms with E-state index in [1.807, 2.05) is 0 Å². The molecule has 0 rings (SSSR count). The Kier molecular flexibility index (Phi) is 5.37. The van der Waals surface area contributed by atoms with Crippen LogP contribution in [0.15, 0.2) is 0 Å². The van der Waals surface area contributed by atoms with Gasteiger partial charge in [0.25, 0.3) is 0 Å². The average Bonchev–Trinajstić information content (AvgIpc) is 0.722. The fourth-order valence-corrected chi connectivity index (χ4v) is 0. The van der Waals surface area contributed by atoms with Crippen molar-refractivity contribution >= 4 is 47.1 Å². The fourth-order valence-electron chi connectivity index (χ4n) is 0. The second kappa shape index (κ2) is 3.16.